The summed E-state index contributed by atoms with van der Waals surface area (Å²) in [6.45, 7) is 6.67. The molecule has 1 heterocycles. The minimum Gasteiger partial charge on any atom is -0.489 e. The van der Waals surface area contributed by atoms with Gasteiger partial charge in [0.25, 0.3) is 0 Å². The van der Waals surface area contributed by atoms with Crippen molar-refractivity contribution in [2.24, 2.45) is 5.73 Å². The van der Waals surface area contributed by atoms with Crippen LogP contribution in [0.25, 0.3) is 22.1 Å². The average Bonchev–Trinajstić information content (AvgIpc) is 3.32. The molecule has 35 heavy (non-hydrogen) atoms. The Morgan fingerprint density at radius 1 is 1.06 bits per heavy atom. The normalized spacial score (nSPS) is 11.3. The smallest absolute Gasteiger partial charge is 0.310 e. The summed E-state index contributed by atoms with van der Waals surface area (Å²) in [4.78, 5) is 12.1. The van der Waals surface area contributed by atoms with E-state index in [4.69, 9.17) is 19.6 Å². The van der Waals surface area contributed by atoms with Crippen molar-refractivity contribution in [3.05, 3.63) is 88.9 Å². The summed E-state index contributed by atoms with van der Waals surface area (Å²) in [7, 11) is 0. The van der Waals surface area contributed by atoms with Crippen LogP contribution in [0.1, 0.15) is 48.9 Å². The lowest BCUT2D eigenvalue weighted by Gasteiger charge is -2.16. The molecule has 0 aliphatic rings. The van der Waals surface area contributed by atoms with Crippen LogP contribution in [0.2, 0.25) is 0 Å². The van der Waals surface area contributed by atoms with Crippen molar-refractivity contribution in [2.45, 2.75) is 46.3 Å². The molecule has 0 radical (unpaired) electrons. The van der Waals surface area contributed by atoms with Gasteiger partial charge in [-0.1, -0.05) is 44.2 Å². The predicted octanol–water partition coefficient (Wildman–Crippen LogP) is 6.51. The van der Waals surface area contributed by atoms with Crippen molar-refractivity contribution in [3.63, 3.8) is 0 Å². The number of hydrogen-bond acceptors (Lipinski definition) is 5. The molecule has 0 saturated heterocycles. The highest BCUT2D eigenvalue weighted by atomic mass is 19.1. The lowest BCUT2D eigenvalue weighted by atomic mass is 9.98. The fourth-order valence-corrected chi connectivity index (χ4v) is 4.11. The van der Waals surface area contributed by atoms with Gasteiger partial charge in [0, 0.05) is 34.2 Å². The van der Waals surface area contributed by atoms with Crippen LogP contribution in [-0.2, 0) is 29.1 Å². The fraction of sp³-hybridized carbons (Fsp3) is 0.276. The first-order chi connectivity index (χ1) is 16.9. The number of esters is 1. The number of ether oxygens (including phenoxy) is 2. The van der Waals surface area contributed by atoms with Gasteiger partial charge in [0.05, 0.1) is 19.3 Å². The van der Waals surface area contributed by atoms with Crippen molar-refractivity contribution in [3.8, 4) is 16.9 Å². The van der Waals surface area contributed by atoms with Crippen molar-refractivity contribution in [1.29, 1.82) is 0 Å². The Morgan fingerprint density at radius 2 is 1.89 bits per heavy atom. The summed E-state index contributed by atoms with van der Waals surface area (Å²) in [6, 6.07) is 16.8. The summed E-state index contributed by atoms with van der Waals surface area (Å²) in [5.74, 6) is 0.286. The average molecular weight is 476 g/mol. The molecule has 0 aliphatic heterocycles. The monoisotopic (exact) mass is 475 g/mol. The van der Waals surface area contributed by atoms with Crippen molar-refractivity contribution >= 4 is 16.9 Å². The van der Waals surface area contributed by atoms with Gasteiger partial charge in [0.15, 0.2) is 0 Å². The Kier molecular flexibility index (Phi) is 7.51. The zero-order chi connectivity index (χ0) is 24.9. The summed E-state index contributed by atoms with van der Waals surface area (Å²) in [6.07, 6.45) is 1.72. The Balaban J connectivity index is 1.69. The number of nitrogens with two attached hydrogens (primary N) is 1. The second-order valence-corrected chi connectivity index (χ2v) is 8.76. The lowest BCUT2D eigenvalue weighted by molar-refractivity contribution is -0.142. The van der Waals surface area contributed by atoms with Crippen LogP contribution in [0.3, 0.4) is 0 Å². The van der Waals surface area contributed by atoms with Crippen molar-refractivity contribution in [1.82, 2.24) is 0 Å². The molecule has 4 rings (SSSR count). The number of furan rings is 1. The number of benzene rings is 3. The Labute approximate surface area is 204 Å². The van der Waals surface area contributed by atoms with Crippen molar-refractivity contribution in [2.75, 3.05) is 6.61 Å². The molecule has 0 aliphatic carbocycles. The summed E-state index contributed by atoms with van der Waals surface area (Å²) in [5.41, 5.74) is 10.6. The van der Waals surface area contributed by atoms with Crippen LogP contribution in [0.15, 0.2) is 65.3 Å². The van der Waals surface area contributed by atoms with Gasteiger partial charge in [-0.05, 0) is 48.2 Å². The van der Waals surface area contributed by atoms with Gasteiger partial charge >= 0.3 is 5.97 Å². The molecule has 6 heteroatoms. The van der Waals surface area contributed by atoms with Crippen LogP contribution in [0.4, 0.5) is 4.39 Å². The molecule has 3 aromatic carbocycles. The van der Waals surface area contributed by atoms with Gasteiger partial charge in [-0.2, -0.15) is 0 Å². The molecule has 1 aromatic heterocycles. The highest BCUT2D eigenvalue weighted by molar-refractivity contribution is 5.93. The molecular formula is C29H30FNO4. The van der Waals surface area contributed by atoms with E-state index in [1.54, 1.807) is 31.4 Å². The Morgan fingerprint density at radius 3 is 2.63 bits per heavy atom. The van der Waals surface area contributed by atoms with E-state index in [9.17, 15) is 4.79 Å². The quantitative estimate of drug-likeness (QED) is 0.280. The zero-order valence-corrected chi connectivity index (χ0v) is 20.3. The minimum atomic E-state index is -0.355. The van der Waals surface area contributed by atoms with Gasteiger partial charge in [0.2, 0.25) is 0 Å². The second kappa shape index (κ2) is 10.7. The van der Waals surface area contributed by atoms with Gasteiger partial charge < -0.3 is 19.6 Å². The number of rotatable bonds is 9. The third-order valence-corrected chi connectivity index (χ3v) is 5.99. The first-order valence-electron chi connectivity index (χ1n) is 11.8. The van der Waals surface area contributed by atoms with Gasteiger partial charge in [-0.15, -0.1) is 0 Å². The maximum atomic E-state index is 15.1. The maximum Gasteiger partial charge on any atom is 0.310 e. The standard InChI is InChI=1S/C29H30FNO4/c1-4-33-27(32)15-21-9-8-20(18(2)3)14-26(21)35-17-19-12-22-10-11-34-29(22)25(13-19)24-7-5-6-23(16-31)28(24)30/h5-14,18H,4,15-17,31H2,1-3H3. The molecule has 0 fully saturated rings. The zero-order valence-electron chi connectivity index (χ0n) is 20.3. The first kappa shape index (κ1) is 24.5. The van der Waals surface area contributed by atoms with E-state index in [0.717, 1.165) is 22.1 Å². The SMILES string of the molecule is CCOC(=O)Cc1ccc(C(C)C)cc1OCc1cc(-c2cccc(CN)c2F)c2occc2c1. The number of halogens is 1. The first-order valence-corrected chi connectivity index (χ1v) is 11.8. The topological polar surface area (TPSA) is 74.7 Å². The van der Waals surface area contributed by atoms with E-state index in [-0.39, 0.29) is 31.4 Å². The second-order valence-electron chi connectivity index (χ2n) is 8.76. The number of hydrogen-bond donors (Lipinski definition) is 1. The maximum absolute atomic E-state index is 15.1. The van der Waals surface area contributed by atoms with E-state index in [2.05, 4.69) is 13.8 Å². The molecule has 0 saturated carbocycles. The van der Waals surface area contributed by atoms with Crippen LogP contribution >= 0.6 is 0 Å². The highest BCUT2D eigenvalue weighted by Gasteiger charge is 2.17. The lowest BCUT2D eigenvalue weighted by Crippen LogP contribution is -2.09. The number of carbonyl (C=O) groups excluding carboxylic acids is 1. The molecule has 5 nitrogen and oxygen atoms in total. The van der Waals surface area contributed by atoms with Crippen molar-refractivity contribution < 1.29 is 23.1 Å². The van der Waals surface area contributed by atoms with Gasteiger partial charge in [-0.25, -0.2) is 4.39 Å². The van der Waals surface area contributed by atoms with E-state index >= 15 is 4.39 Å². The minimum absolute atomic E-state index is 0.110. The fourth-order valence-electron chi connectivity index (χ4n) is 4.11. The van der Waals surface area contributed by atoms with Crippen LogP contribution < -0.4 is 10.5 Å². The van der Waals surface area contributed by atoms with Crippen LogP contribution in [0, 0.1) is 5.82 Å². The van der Waals surface area contributed by atoms with Crippen LogP contribution in [-0.4, -0.2) is 12.6 Å². The molecule has 0 spiro atoms. The van der Waals surface area contributed by atoms with Gasteiger partial charge in [-0.3, -0.25) is 4.79 Å². The van der Waals surface area contributed by atoms with Crippen LogP contribution in [0.5, 0.6) is 5.75 Å². The molecular weight excluding hydrogens is 445 g/mol. The molecule has 0 bridgehead atoms. The largest absolute Gasteiger partial charge is 0.489 e. The van der Waals surface area contributed by atoms with E-state index in [1.165, 1.54) is 0 Å². The van der Waals surface area contributed by atoms with E-state index in [1.807, 2.05) is 36.4 Å². The summed E-state index contributed by atoms with van der Waals surface area (Å²) in [5, 5.41) is 0.848. The molecule has 0 amide bonds. The van der Waals surface area contributed by atoms with E-state index < -0.39 is 0 Å². The van der Waals surface area contributed by atoms with Gasteiger partial charge in [0.1, 0.15) is 23.8 Å². The predicted molar refractivity (Wildman–Crippen MR) is 135 cm³/mol. The third kappa shape index (κ3) is 5.38. The Hall–Kier alpha value is -3.64. The molecule has 2 N–H and O–H groups in total. The molecule has 0 atom stereocenters. The van der Waals surface area contributed by atoms with E-state index in [0.29, 0.717) is 40.5 Å². The molecule has 4 aromatic rings. The molecule has 182 valence electrons. The third-order valence-electron chi connectivity index (χ3n) is 5.99. The Bertz CT molecular complexity index is 1340. The highest BCUT2D eigenvalue weighted by Crippen LogP contribution is 2.34. The summed E-state index contributed by atoms with van der Waals surface area (Å²) >= 11 is 0. The molecule has 0 unspecified atom stereocenters. The number of carbonyl (C=O) groups is 1. The number of fused-ring (bicyclic) bond motifs is 1. The summed E-state index contributed by atoms with van der Waals surface area (Å²) < 4.78 is 32.2.